The Kier molecular flexibility index (Phi) is 6.94. The summed E-state index contributed by atoms with van der Waals surface area (Å²) in [7, 11) is 1.47. The number of para-hydroxylation sites is 1. The zero-order valence-corrected chi connectivity index (χ0v) is 18.3. The molecule has 3 aromatic carbocycles. The van der Waals surface area contributed by atoms with Crippen LogP contribution in [0, 0.1) is 17.1 Å². The molecule has 1 heterocycles. The maximum absolute atomic E-state index is 14.0. The van der Waals surface area contributed by atoms with Crippen LogP contribution in [0.2, 0.25) is 0 Å². The molecule has 4 rings (SSSR count). The van der Waals surface area contributed by atoms with Crippen molar-refractivity contribution in [3.8, 4) is 29.1 Å². The van der Waals surface area contributed by atoms with Crippen molar-refractivity contribution in [3.63, 3.8) is 0 Å². The second-order valence-electron chi connectivity index (χ2n) is 7.24. The van der Waals surface area contributed by atoms with Crippen LogP contribution in [0.15, 0.2) is 66.2 Å². The van der Waals surface area contributed by atoms with E-state index >= 15 is 0 Å². The molecule has 0 saturated carbocycles. The molecule has 0 unspecified atom stereocenters. The number of hydrogen-bond acceptors (Lipinski definition) is 6. The SMILES string of the molecule is COc1cccc(C=C(C#N)C(=O)Nc2ccc3c(c2)OCCO3)c1OCc1ccccc1F. The van der Waals surface area contributed by atoms with Crippen LogP contribution in [0.3, 0.4) is 0 Å². The van der Waals surface area contributed by atoms with Crippen LogP contribution in [0.1, 0.15) is 11.1 Å². The number of benzene rings is 3. The van der Waals surface area contributed by atoms with E-state index in [0.717, 1.165) is 0 Å². The Hall–Kier alpha value is -4.51. The van der Waals surface area contributed by atoms with E-state index in [9.17, 15) is 14.4 Å². The second-order valence-corrected chi connectivity index (χ2v) is 7.24. The fraction of sp³-hybridized carbons (Fsp3) is 0.154. The van der Waals surface area contributed by atoms with Gasteiger partial charge in [-0.05, 0) is 30.3 Å². The molecule has 7 nitrogen and oxygen atoms in total. The number of nitrogens with zero attached hydrogens (tertiary/aromatic N) is 1. The molecule has 0 aliphatic carbocycles. The van der Waals surface area contributed by atoms with Crippen LogP contribution in [-0.4, -0.2) is 26.2 Å². The molecule has 172 valence electrons. The molecule has 34 heavy (non-hydrogen) atoms. The zero-order chi connectivity index (χ0) is 23.9. The number of anilines is 1. The van der Waals surface area contributed by atoms with Gasteiger partial charge in [-0.25, -0.2) is 4.39 Å². The molecule has 0 saturated heterocycles. The van der Waals surface area contributed by atoms with Crippen LogP contribution in [0.5, 0.6) is 23.0 Å². The summed E-state index contributed by atoms with van der Waals surface area (Å²) in [4.78, 5) is 12.8. The summed E-state index contributed by atoms with van der Waals surface area (Å²) >= 11 is 0. The molecule has 1 N–H and O–H groups in total. The van der Waals surface area contributed by atoms with E-state index in [1.165, 1.54) is 19.3 Å². The standard InChI is InChI=1S/C26H21FN2O5/c1-31-23-8-4-6-17(25(23)34-16-18-5-2-3-7-21(18)27)13-19(15-28)26(30)29-20-9-10-22-24(14-20)33-12-11-32-22/h2-10,13-14H,11-12,16H2,1H3,(H,29,30). The Morgan fingerprint density at radius 3 is 2.68 bits per heavy atom. The van der Waals surface area contributed by atoms with Gasteiger partial charge in [0.15, 0.2) is 23.0 Å². The lowest BCUT2D eigenvalue weighted by molar-refractivity contribution is -0.112. The van der Waals surface area contributed by atoms with Gasteiger partial charge in [0.2, 0.25) is 0 Å². The summed E-state index contributed by atoms with van der Waals surface area (Å²) in [5.74, 6) is 0.771. The third-order valence-electron chi connectivity index (χ3n) is 5.02. The Morgan fingerprint density at radius 2 is 1.91 bits per heavy atom. The number of methoxy groups -OCH3 is 1. The number of ether oxygens (including phenoxy) is 4. The van der Waals surface area contributed by atoms with E-state index in [0.29, 0.717) is 47.3 Å². The molecule has 0 radical (unpaired) electrons. The number of amides is 1. The molecule has 1 amide bonds. The minimum Gasteiger partial charge on any atom is -0.493 e. The van der Waals surface area contributed by atoms with Crippen LogP contribution < -0.4 is 24.3 Å². The predicted molar refractivity (Wildman–Crippen MR) is 123 cm³/mol. The largest absolute Gasteiger partial charge is 0.493 e. The van der Waals surface area contributed by atoms with Crippen molar-refractivity contribution in [1.82, 2.24) is 0 Å². The molecule has 0 aromatic heterocycles. The molecule has 0 spiro atoms. The number of rotatable bonds is 7. The van der Waals surface area contributed by atoms with E-state index in [2.05, 4.69) is 5.32 Å². The van der Waals surface area contributed by atoms with Gasteiger partial charge in [-0.3, -0.25) is 4.79 Å². The van der Waals surface area contributed by atoms with Gasteiger partial charge in [-0.15, -0.1) is 0 Å². The Morgan fingerprint density at radius 1 is 1.12 bits per heavy atom. The van der Waals surface area contributed by atoms with Gasteiger partial charge in [-0.2, -0.15) is 5.26 Å². The van der Waals surface area contributed by atoms with Crippen LogP contribution in [-0.2, 0) is 11.4 Å². The van der Waals surface area contributed by atoms with Crippen LogP contribution in [0.25, 0.3) is 6.08 Å². The maximum Gasteiger partial charge on any atom is 0.266 e. The lowest BCUT2D eigenvalue weighted by Gasteiger charge is -2.19. The second kappa shape index (κ2) is 10.4. The van der Waals surface area contributed by atoms with E-state index in [4.69, 9.17) is 18.9 Å². The van der Waals surface area contributed by atoms with Gasteiger partial charge in [0.05, 0.1) is 7.11 Å². The quantitative estimate of drug-likeness (QED) is 0.405. The summed E-state index contributed by atoms with van der Waals surface area (Å²) in [5.41, 5.74) is 1.10. The maximum atomic E-state index is 14.0. The van der Waals surface area contributed by atoms with Gasteiger partial charge in [-0.1, -0.05) is 30.3 Å². The minimum absolute atomic E-state index is 0.0564. The minimum atomic E-state index is -0.609. The highest BCUT2D eigenvalue weighted by Crippen LogP contribution is 2.34. The van der Waals surface area contributed by atoms with Crippen molar-refractivity contribution < 1.29 is 28.1 Å². The van der Waals surface area contributed by atoms with Gasteiger partial charge in [0, 0.05) is 22.9 Å². The summed E-state index contributed by atoms with van der Waals surface area (Å²) in [6.45, 7) is 0.820. The van der Waals surface area contributed by atoms with Crippen molar-refractivity contribution in [2.75, 3.05) is 25.6 Å². The molecule has 1 aliphatic heterocycles. The average Bonchev–Trinajstić information content (AvgIpc) is 2.86. The summed E-state index contributed by atoms with van der Waals surface area (Å²) in [6, 6.07) is 18.2. The first-order valence-electron chi connectivity index (χ1n) is 10.4. The van der Waals surface area contributed by atoms with Crippen molar-refractivity contribution in [2.45, 2.75) is 6.61 Å². The summed E-state index contributed by atoms with van der Waals surface area (Å²) < 4.78 is 36.3. The van der Waals surface area contributed by atoms with Gasteiger partial charge >= 0.3 is 0 Å². The molecule has 0 bridgehead atoms. The Labute approximate surface area is 195 Å². The highest BCUT2D eigenvalue weighted by atomic mass is 19.1. The fourth-order valence-corrected chi connectivity index (χ4v) is 3.35. The number of nitriles is 1. The first-order chi connectivity index (χ1) is 16.6. The summed E-state index contributed by atoms with van der Waals surface area (Å²) in [6.07, 6.45) is 1.40. The van der Waals surface area contributed by atoms with Gasteiger partial charge < -0.3 is 24.3 Å². The molecule has 3 aromatic rings. The van der Waals surface area contributed by atoms with Gasteiger partial charge in [0.1, 0.15) is 37.3 Å². The van der Waals surface area contributed by atoms with Crippen molar-refractivity contribution >= 4 is 17.7 Å². The first kappa shape index (κ1) is 22.7. The molecule has 1 aliphatic rings. The number of hydrogen-bond donors (Lipinski definition) is 1. The topological polar surface area (TPSA) is 89.8 Å². The van der Waals surface area contributed by atoms with E-state index in [1.807, 2.05) is 6.07 Å². The monoisotopic (exact) mass is 460 g/mol. The molecule has 0 fully saturated rings. The van der Waals surface area contributed by atoms with Crippen LogP contribution >= 0.6 is 0 Å². The summed E-state index contributed by atoms with van der Waals surface area (Å²) in [5, 5.41) is 12.3. The highest BCUT2D eigenvalue weighted by Gasteiger charge is 2.17. The van der Waals surface area contributed by atoms with E-state index < -0.39 is 11.7 Å². The Balaban J connectivity index is 1.58. The lowest BCUT2D eigenvalue weighted by atomic mass is 10.1. The van der Waals surface area contributed by atoms with Crippen molar-refractivity contribution in [3.05, 3.63) is 83.2 Å². The number of carbonyl (C=O) groups excluding carboxylic acids is 1. The van der Waals surface area contributed by atoms with Crippen LogP contribution in [0.4, 0.5) is 10.1 Å². The predicted octanol–water partition coefficient (Wildman–Crippen LogP) is 4.73. The first-order valence-corrected chi connectivity index (χ1v) is 10.4. The highest BCUT2D eigenvalue weighted by molar-refractivity contribution is 6.10. The molecular weight excluding hydrogens is 439 g/mol. The number of fused-ring (bicyclic) bond motifs is 1. The number of nitrogens with one attached hydrogen (secondary N) is 1. The van der Waals surface area contributed by atoms with Crippen molar-refractivity contribution in [1.29, 1.82) is 5.26 Å². The number of halogens is 1. The molecular formula is C26H21FN2O5. The fourth-order valence-electron chi connectivity index (χ4n) is 3.35. The Bertz CT molecular complexity index is 1280. The third kappa shape index (κ3) is 5.10. The van der Waals surface area contributed by atoms with E-state index in [1.54, 1.807) is 54.6 Å². The zero-order valence-electron chi connectivity index (χ0n) is 18.3. The van der Waals surface area contributed by atoms with Crippen molar-refractivity contribution in [2.24, 2.45) is 0 Å². The van der Waals surface area contributed by atoms with E-state index in [-0.39, 0.29) is 17.9 Å². The molecule has 8 heteroatoms. The average molecular weight is 460 g/mol. The normalized spacial score (nSPS) is 12.4. The third-order valence-corrected chi connectivity index (χ3v) is 5.02. The lowest BCUT2D eigenvalue weighted by Crippen LogP contribution is -2.17. The number of carbonyl (C=O) groups is 1. The van der Waals surface area contributed by atoms with Gasteiger partial charge in [0.25, 0.3) is 5.91 Å². The molecule has 0 atom stereocenters. The smallest absolute Gasteiger partial charge is 0.266 e.